The smallest absolute Gasteiger partial charge is 0.289 e. The molecule has 1 aliphatic heterocycles. The molecular formula is C7H6N2O3S. The van der Waals surface area contributed by atoms with E-state index in [1.807, 2.05) is 0 Å². The van der Waals surface area contributed by atoms with E-state index in [4.69, 9.17) is 0 Å². The molecule has 5 nitrogen and oxygen atoms in total. The zero-order chi connectivity index (χ0) is 9.26. The Morgan fingerprint density at radius 2 is 2.46 bits per heavy atom. The minimum atomic E-state index is -0.203. The average Bonchev–Trinajstić information content (AvgIpc) is 2.70. The minimum absolute atomic E-state index is 0.156. The number of rotatable bonds is 2. The number of amides is 2. The third-order valence-corrected chi connectivity index (χ3v) is 2.52. The zero-order valence-corrected chi connectivity index (χ0v) is 7.41. The monoisotopic (exact) mass is 198 g/mol. The van der Waals surface area contributed by atoms with Crippen molar-refractivity contribution in [1.29, 1.82) is 0 Å². The number of thioether (sulfide) groups is 1. The van der Waals surface area contributed by atoms with Crippen molar-refractivity contribution in [1.82, 2.24) is 10.1 Å². The number of nitrogens with zero attached hydrogens (tertiary/aromatic N) is 2. The van der Waals surface area contributed by atoms with E-state index < -0.39 is 0 Å². The fourth-order valence-electron chi connectivity index (χ4n) is 1.02. The van der Waals surface area contributed by atoms with Gasteiger partial charge in [-0.2, -0.15) is 0 Å². The standard InChI is InChI=1S/C7H6N2O3S/c10-6-4-13-7(11)9(6)2-5-1-8-12-3-5/h1,3H,2,4H2. The first-order chi connectivity index (χ1) is 6.27. The highest BCUT2D eigenvalue weighted by Gasteiger charge is 2.29. The van der Waals surface area contributed by atoms with Gasteiger partial charge in [0.15, 0.2) is 0 Å². The van der Waals surface area contributed by atoms with Crippen molar-refractivity contribution in [3.8, 4) is 0 Å². The quantitative estimate of drug-likeness (QED) is 0.705. The second-order valence-electron chi connectivity index (χ2n) is 2.57. The fourth-order valence-corrected chi connectivity index (χ4v) is 1.75. The van der Waals surface area contributed by atoms with E-state index in [1.165, 1.54) is 17.4 Å². The van der Waals surface area contributed by atoms with Gasteiger partial charge in [0.2, 0.25) is 5.91 Å². The van der Waals surface area contributed by atoms with Crippen molar-refractivity contribution in [3.63, 3.8) is 0 Å². The highest BCUT2D eigenvalue weighted by Crippen LogP contribution is 2.20. The molecule has 68 valence electrons. The lowest BCUT2D eigenvalue weighted by atomic mass is 10.3. The van der Waals surface area contributed by atoms with Gasteiger partial charge in [-0.1, -0.05) is 16.9 Å². The summed E-state index contributed by atoms with van der Waals surface area (Å²) < 4.78 is 4.59. The summed E-state index contributed by atoms with van der Waals surface area (Å²) >= 11 is 1.02. The van der Waals surface area contributed by atoms with Crippen LogP contribution in [0.1, 0.15) is 5.56 Å². The Kier molecular flexibility index (Phi) is 2.05. The zero-order valence-electron chi connectivity index (χ0n) is 6.60. The molecule has 2 amide bonds. The minimum Gasteiger partial charge on any atom is -0.364 e. The van der Waals surface area contributed by atoms with Gasteiger partial charge in [0.25, 0.3) is 5.24 Å². The summed E-state index contributed by atoms with van der Waals surface area (Å²) in [6.07, 6.45) is 2.91. The number of carbonyl (C=O) groups is 2. The lowest BCUT2D eigenvalue weighted by Gasteiger charge is -2.09. The summed E-state index contributed by atoms with van der Waals surface area (Å²) in [4.78, 5) is 23.5. The summed E-state index contributed by atoms with van der Waals surface area (Å²) in [6.45, 7) is 0.258. The molecule has 0 N–H and O–H groups in total. The lowest BCUT2D eigenvalue weighted by molar-refractivity contribution is -0.125. The highest BCUT2D eigenvalue weighted by atomic mass is 32.2. The van der Waals surface area contributed by atoms with E-state index >= 15 is 0 Å². The summed E-state index contributed by atoms with van der Waals surface area (Å²) in [5.74, 6) is 0.0839. The second kappa shape index (κ2) is 3.21. The van der Waals surface area contributed by atoms with E-state index in [1.54, 1.807) is 0 Å². The Bertz CT molecular complexity index is 320. The van der Waals surface area contributed by atoms with Gasteiger partial charge in [0.05, 0.1) is 18.5 Å². The number of hydrogen-bond acceptors (Lipinski definition) is 5. The van der Waals surface area contributed by atoms with Gasteiger partial charge in [-0.25, -0.2) is 0 Å². The van der Waals surface area contributed by atoms with Crippen LogP contribution in [0.2, 0.25) is 0 Å². The van der Waals surface area contributed by atoms with Crippen LogP contribution in [0.4, 0.5) is 4.79 Å². The molecule has 1 aromatic rings. The predicted octanol–water partition coefficient (Wildman–Crippen LogP) is 0.870. The van der Waals surface area contributed by atoms with Crippen LogP contribution in [0.5, 0.6) is 0 Å². The molecule has 0 spiro atoms. The number of aromatic nitrogens is 1. The van der Waals surface area contributed by atoms with E-state index in [0.717, 1.165) is 17.3 Å². The summed E-state index contributed by atoms with van der Waals surface area (Å²) in [6, 6.07) is 0. The first kappa shape index (κ1) is 8.31. The molecule has 0 bridgehead atoms. The Morgan fingerprint density at radius 1 is 1.62 bits per heavy atom. The fraction of sp³-hybridized carbons (Fsp3) is 0.286. The topological polar surface area (TPSA) is 63.4 Å². The molecule has 2 heterocycles. The van der Waals surface area contributed by atoms with Gasteiger partial charge in [0, 0.05) is 5.56 Å². The molecule has 13 heavy (non-hydrogen) atoms. The van der Waals surface area contributed by atoms with Gasteiger partial charge in [-0.15, -0.1) is 0 Å². The molecule has 0 saturated carbocycles. The summed E-state index contributed by atoms with van der Waals surface area (Å²) in [5.41, 5.74) is 0.726. The maximum Gasteiger partial charge on any atom is 0.289 e. The highest BCUT2D eigenvalue weighted by molar-refractivity contribution is 8.14. The van der Waals surface area contributed by atoms with Crippen LogP contribution >= 0.6 is 11.8 Å². The molecule has 0 atom stereocenters. The van der Waals surface area contributed by atoms with Gasteiger partial charge >= 0.3 is 0 Å². The second-order valence-corrected chi connectivity index (χ2v) is 3.49. The summed E-state index contributed by atoms with van der Waals surface area (Å²) in [7, 11) is 0. The van der Waals surface area contributed by atoms with Crippen LogP contribution in [0, 0.1) is 0 Å². The molecule has 1 aliphatic rings. The third-order valence-electron chi connectivity index (χ3n) is 1.66. The SMILES string of the molecule is O=C1CSC(=O)N1Cc1cnoc1. The number of carbonyl (C=O) groups excluding carboxylic acids is 2. The average molecular weight is 198 g/mol. The molecule has 0 aliphatic carbocycles. The predicted molar refractivity (Wildman–Crippen MR) is 44.9 cm³/mol. The van der Waals surface area contributed by atoms with Crippen LogP contribution in [-0.4, -0.2) is 27.0 Å². The Hall–Kier alpha value is -1.30. The van der Waals surface area contributed by atoms with Crippen LogP contribution in [0.3, 0.4) is 0 Å². The van der Waals surface area contributed by atoms with Gasteiger partial charge in [0.1, 0.15) is 6.26 Å². The van der Waals surface area contributed by atoms with E-state index in [0.29, 0.717) is 0 Å². The Morgan fingerprint density at radius 3 is 3.00 bits per heavy atom. The number of imide groups is 1. The normalized spacial score (nSPS) is 17.1. The number of hydrogen-bond donors (Lipinski definition) is 0. The molecule has 1 saturated heterocycles. The van der Waals surface area contributed by atoms with Crippen molar-refractivity contribution in [2.45, 2.75) is 6.54 Å². The van der Waals surface area contributed by atoms with Crippen LogP contribution < -0.4 is 0 Å². The molecule has 1 fully saturated rings. The van der Waals surface area contributed by atoms with Crippen molar-refractivity contribution >= 4 is 22.9 Å². The maximum absolute atomic E-state index is 11.1. The maximum atomic E-state index is 11.1. The van der Waals surface area contributed by atoms with E-state index in [2.05, 4.69) is 9.68 Å². The largest absolute Gasteiger partial charge is 0.364 e. The first-order valence-corrected chi connectivity index (χ1v) is 4.61. The van der Waals surface area contributed by atoms with E-state index in [9.17, 15) is 9.59 Å². The molecule has 2 rings (SSSR count). The third kappa shape index (κ3) is 1.57. The van der Waals surface area contributed by atoms with E-state index in [-0.39, 0.29) is 23.4 Å². The summed E-state index contributed by atoms with van der Waals surface area (Å²) in [5, 5.41) is 3.28. The van der Waals surface area contributed by atoms with Gasteiger partial charge in [-0.05, 0) is 0 Å². The molecule has 0 aromatic carbocycles. The van der Waals surface area contributed by atoms with Crippen molar-refractivity contribution < 1.29 is 14.1 Å². The van der Waals surface area contributed by atoms with Crippen molar-refractivity contribution in [2.75, 3.05) is 5.75 Å². The van der Waals surface area contributed by atoms with Crippen molar-refractivity contribution in [2.24, 2.45) is 0 Å². The Balaban J connectivity index is 2.09. The van der Waals surface area contributed by atoms with Crippen LogP contribution in [0.15, 0.2) is 17.0 Å². The molecule has 6 heteroatoms. The van der Waals surface area contributed by atoms with Crippen molar-refractivity contribution in [3.05, 3.63) is 18.0 Å². The van der Waals surface area contributed by atoms with Gasteiger partial charge in [-0.3, -0.25) is 14.5 Å². The molecule has 1 aromatic heterocycles. The lowest BCUT2D eigenvalue weighted by Crippen LogP contribution is -2.27. The van der Waals surface area contributed by atoms with Gasteiger partial charge < -0.3 is 4.52 Å². The molecule has 0 radical (unpaired) electrons. The molecule has 0 unspecified atom stereocenters. The van der Waals surface area contributed by atoms with Crippen LogP contribution in [-0.2, 0) is 11.3 Å². The Labute approximate surface area is 78.1 Å². The first-order valence-electron chi connectivity index (χ1n) is 3.63. The van der Waals surface area contributed by atoms with Crippen LogP contribution in [0.25, 0.3) is 0 Å². The molecular weight excluding hydrogens is 192 g/mol.